The summed E-state index contributed by atoms with van der Waals surface area (Å²) in [5.41, 5.74) is -1.34. The molecule has 0 aliphatic carbocycles. The normalized spacial score (nSPS) is 17.6. The van der Waals surface area contributed by atoms with Crippen LogP contribution < -0.4 is 0 Å². The molecule has 2 amide bonds. The highest BCUT2D eigenvalue weighted by Crippen LogP contribution is 2.33. The molecular formula is C22H34FN3O3. The molecule has 29 heavy (non-hydrogen) atoms. The first-order chi connectivity index (χ1) is 13.5. The zero-order valence-electron chi connectivity index (χ0n) is 18.5. The lowest BCUT2D eigenvalue weighted by Crippen LogP contribution is -2.61. The Morgan fingerprint density at radius 3 is 2.07 bits per heavy atom. The van der Waals surface area contributed by atoms with Crippen molar-refractivity contribution in [2.45, 2.75) is 52.7 Å². The van der Waals surface area contributed by atoms with E-state index in [0.29, 0.717) is 44.8 Å². The summed E-state index contributed by atoms with van der Waals surface area (Å²) in [5, 5.41) is 0. The van der Waals surface area contributed by atoms with E-state index in [0.717, 1.165) is 0 Å². The van der Waals surface area contributed by atoms with Crippen molar-refractivity contribution in [2.75, 3.05) is 39.3 Å². The van der Waals surface area contributed by atoms with Crippen LogP contribution in [0.25, 0.3) is 0 Å². The third kappa shape index (κ3) is 5.07. The molecule has 0 aromatic heterocycles. The molecule has 1 aliphatic rings. The predicted molar refractivity (Wildman–Crippen MR) is 111 cm³/mol. The molecular weight excluding hydrogens is 373 g/mol. The molecule has 1 aromatic carbocycles. The molecule has 1 atom stereocenters. The monoisotopic (exact) mass is 407 g/mol. The van der Waals surface area contributed by atoms with E-state index in [-0.39, 0.29) is 12.0 Å². The third-order valence-electron chi connectivity index (χ3n) is 5.43. The maximum Gasteiger partial charge on any atom is 0.410 e. The van der Waals surface area contributed by atoms with Crippen LogP contribution in [0.4, 0.5) is 9.18 Å². The molecule has 2 rings (SSSR count). The van der Waals surface area contributed by atoms with Gasteiger partial charge in [-0.1, -0.05) is 18.2 Å². The van der Waals surface area contributed by atoms with Gasteiger partial charge in [0.25, 0.3) is 0 Å². The number of hydrogen-bond acceptors (Lipinski definition) is 4. The molecule has 0 radical (unpaired) electrons. The van der Waals surface area contributed by atoms with Gasteiger partial charge in [-0.2, -0.15) is 0 Å². The van der Waals surface area contributed by atoms with Crippen LogP contribution in [0.5, 0.6) is 0 Å². The number of piperazine rings is 1. The van der Waals surface area contributed by atoms with Crippen molar-refractivity contribution in [2.24, 2.45) is 0 Å². The summed E-state index contributed by atoms with van der Waals surface area (Å²) in [4.78, 5) is 31.2. The second-order valence-electron chi connectivity index (χ2n) is 8.48. The van der Waals surface area contributed by atoms with Gasteiger partial charge in [0.05, 0.1) is 0 Å². The number of rotatable bonds is 5. The average molecular weight is 408 g/mol. The molecule has 0 bridgehead atoms. The molecule has 7 heteroatoms. The Kier molecular flexibility index (Phi) is 7.27. The van der Waals surface area contributed by atoms with Crippen LogP contribution in [0.15, 0.2) is 24.3 Å². The highest BCUT2D eigenvalue weighted by molar-refractivity contribution is 5.87. The zero-order chi connectivity index (χ0) is 21.8. The largest absolute Gasteiger partial charge is 0.444 e. The van der Waals surface area contributed by atoms with Crippen molar-refractivity contribution in [1.29, 1.82) is 0 Å². The summed E-state index contributed by atoms with van der Waals surface area (Å²) in [5.74, 6) is -0.525. The predicted octanol–water partition coefficient (Wildman–Crippen LogP) is 3.46. The number of benzene rings is 1. The molecule has 0 saturated carbocycles. The SMILES string of the molecule is CCN(CC)C(=O)C(C)(c1ccccc1F)N1CCN(C(=O)OC(C)(C)C)CC1. The molecule has 1 aromatic rings. The van der Waals surface area contributed by atoms with Crippen molar-refractivity contribution < 1.29 is 18.7 Å². The molecule has 1 saturated heterocycles. The lowest BCUT2D eigenvalue weighted by molar-refractivity contribution is -0.145. The number of hydrogen-bond donors (Lipinski definition) is 0. The number of halogens is 1. The smallest absolute Gasteiger partial charge is 0.410 e. The van der Waals surface area contributed by atoms with E-state index in [1.54, 1.807) is 34.9 Å². The van der Waals surface area contributed by atoms with E-state index in [1.807, 2.05) is 39.5 Å². The second kappa shape index (κ2) is 9.11. The summed E-state index contributed by atoms with van der Waals surface area (Å²) in [6.45, 7) is 14.0. The van der Waals surface area contributed by atoms with E-state index in [1.165, 1.54) is 6.07 Å². The van der Waals surface area contributed by atoms with Crippen LogP contribution in [0.2, 0.25) is 0 Å². The Labute approximate surface area is 173 Å². The summed E-state index contributed by atoms with van der Waals surface area (Å²) >= 11 is 0. The number of ether oxygens (including phenoxy) is 1. The Bertz CT molecular complexity index is 722. The maximum absolute atomic E-state index is 14.8. The fraction of sp³-hybridized carbons (Fsp3) is 0.636. The van der Waals surface area contributed by atoms with Crippen LogP contribution in [0.3, 0.4) is 0 Å². The van der Waals surface area contributed by atoms with Crippen molar-refractivity contribution in [1.82, 2.24) is 14.7 Å². The first-order valence-corrected chi connectivity index (χ1v) is 10.3. The van der Waals surface area contributed by atoms with Crippen molar-refractivity contribution in [3.05, 3.63) is 35.6 Å². The van der Waals surface area contributed by atoms with E-state index >= 15 is 0 Å². The lowest BCUT2D eigenvalue weighted by atomic mass is 9.87. The van der Waals surface area contributed by atoms with E-state index < -0.39 is 17.0 Å². The lowest BCUT2D eigenvalue weighted by Gasteiger charge is -2.46. The van der Waals surface area contributed by atoms with Gasteiger partial charge in [-0.25, -0.2) is 9.18 Å². The van der Waals surface area contributed by atoms with Gasteiger partial charge in [-0.15, -0.1) is 0 Å². The summed E-state index contributed by atoms with van der Waals surface area (Å²) < 4.78 is 20.2. The third-order valence-corrected chi connectivity index (χ3v) is 5.43. The number of carbonyl (C=O) groups is 2. The fourth-order valence-electron chi connectivity index (χ4n) is 3.76. The zero-order valence-corrected chi connectivity index (χ0v) is 18.5. The minimum absolute atomic E-state index is 0.127. The topological polar surface area (TPSA) is 53.1 Å². The van der Waals surface area contributed by atoms with Crippen molar-refractivity contribution in [3.63, 3.8) is 0 Å². The van der Waals surface area contributed by atoms with Gasteiger partial charge in [0.15, 0.2) is 0 Å². The van der Waals surface area contributed by atoms with Crippen LogP contribution in [0, 0.1) is 5.82 Å². The van der Waals surface area contributed by atoms with Gasteiger partial charge in [0.1, 0.15) is 17.0 Å². The van der Waals surface area contributed by atoms with E-state index in [9.17, 15) is 14.0 Å². The van der Waals surface area contributed by atoms with Gasteiger partial charge in [0.2, 0.25) is 5.91 Å². The molecule has 0 spiro atoms. The second-order valence-corrected chi connectivity index (χ2v) is 8.48. The average Bonchev–Trinajstić information content (AvgIpc) is 2.67. The first-order valence-electron chi connectivity index (χ1n) is 10.3. The Morgan fingerprint density at radius 2 is 1.59 bits per heavy atom. The standard InChI is InChI=1S/C22H34FN3O3/c1-7-24(8-2)19(27)22(6,17-11-9-10-12-18(17)23)26-15-13-25(14-16-26)20(28)29-21(3,4)5/h9-12H,7-8,13-16H2,1-6H3. The van der Waals surface area contributed by atoms with Gasteiger partial charge >= 0.3 is 6.09 Å². The molecule has 1 heterocycles. The summed E-state index contributed by atoms with van der Waals surface area (Å²) in [7, 11) is 0. The minimum atomic E-state index is -1.14. The first kappa shape index (κ1) is 23.1. The molecule has 6 nitrogen and oxygen atoms in total. The van der Waals surface area contributed by atoms with Gasteiger partial charge in [-0.05, 0) is 47.6 Å². The quantitative estimate of drug-likeness (QED) is 0.750. The highest BCUT2D eigenvalue weighted by atomic mass is 19.1. The van der Waals surface area contributed by atoms with E-state index in [4.69, 9.17) is 4.74 Å². The van der Waals surface area contributed by atoms with Crippen LogP contribution in [-0.4, -0.2) is 71.6 Å². The number of amides is 2. The summed E-state index contributed by atoms with van der Waals surface area (Å²) in [6.07, 6.45) is -0.361. The number of likely N-dealkylation sites (N-methyl/N-ethyl adjacent to an activating group) is 1. The summed E-state index contributed by atoms with van der Waals surface area (Å²) in [6, 6.07) is 6.45. The Balaban J connectivity index is 2.29. The highest BCUT2D eigenvalue weighted by Gasteiger charge is 2.46. The van der Waals surface area contributed by atoms with Gasteiger partial charge in [0, 0.05) is 44.8 Å². The molecule has 1 fully saturated rings. The maximum atomic E-state index is 14.8. The number of nitrogens with zero attached hydrogens (tertiary/aromatic N) is 3. The number of carbonyl (C=O) groups excluding carboxylic acids is 2. The van der Waals surface area contributed by atoms with Gasteiger partial charge < -0.3 is 14.5 Å². The van der Waals surface area contributed by atoms with Gasteiger partial charge in [-0.3, -0.25) is 9.69 Å². The van der Waals surface area contributed by atoms with Crippen molar-refractivity contribution in [3.8, 4) is 0 Å². The van der Waals surface area contributed by atoms with Crippen molar-refractivity contribution >= 4 is 12.0 Å². The fourth-order valence-corrected chi connectivity index (χ4v) is 3.76. The molecule has 0 N–H and O–H groups in total. The molecule has 1 unspecified atom stereocenters. The van der Waals surface area contributed by atoms with Crippen LogP contribution in [0.1, 0.15) is 47.1 Å². The van der Waals surface area contributed by atoms with Crippen LogP contribution in [-0.2, 0) is 15.1 Å². The molecule has 162 valence electrons. The minimum Gasteiger partial charge on any atom is -0.444 e. The van der Waals surface area contributed by atoms with Crippen LogP contribution >= 0.6 is 0 Å². The Morgan fingerprint density at radius 1 is 1.03 bits per heavy atom. The Hall–Kier alpha value is -2.15. The van der Waals surface area contributed by atoms with E-state index in [2.05, 4.69) is 0 Å². The molecule has 1 aliphatic heterocycles.